The summed E-state index contributed by atoms with van der Waals surface area (Å²) < 4.78 is 0. The maximum absolute atomic E-state index is 7.56. The number of hydrogen-bond acceptors (Lipinski definition) is 1. The maximum Gasteiger partial charge on any atom is 0.225 e. The van der Waals surface area contributed by atoms with Crippen LogP contribution in [0.5, 0.6) is 0 Å². The van der Waals surface area contributed by atoms with Crippen LogP contribution in [0.2, 0.25) is 0 Å². The van der Waals surface area contributed by atoms with E-state index in [0.717, 1.165) is 12.1 Å². The van der Waals surface area contributed by atoms with Crippen molar-refractivity contribution in [1.82, 2.24) is 4.90 Å². The van der Waals surface area contributed by atoms with Gasteiger partial charge in [0.15, 0.2) is 5.96 Å². The second-order valence-electron chi connectivity index (χ2n) is 3.24. The quantitative estimate of drug-likeness (QED) is 0.414. The first kappa shape index (κ1) is 10.3. The minimum atomic E-state index is -0.0962. The zero-order chi connectivity index (χ0) is 10.7. The summed E-state index contributed by atoms with van der Waals surface area (Å²) in [6.45, 7) is 2.04. The molecule has 0 aromatic rings. The summed E-state index contributed by atoms with van der Waals surface area (Å²) in [4.78, 5) is 5.29. The lowest BCUT2D eigenvalue weighted by Gasteiger charge is -2.16. The summed E-state index contributed by atoms with van der Waals surface area (Å²) in [6.07, 6.45) is 4.97. The number of guanidine groups is 2. The average molecular weight is 193 g/mol. The Morgan fingerprint density at radius 1 is 1.57 bits per heavy atom. The van der Waals surface area contributed by atoms with E-state index in [1.165, 1.54) is 5.57 Å². The first-order valence-electron chi connectivity index (χ1n) is 4.30. The van der Waals surface area contributed by atoms with Crippen LogP contribution >= 0.6 is 0 Å². The van der Waals surface area contributed by atoms with Gasteiger partial charge in [0.25, 0.3) is 0 Å². The summed E-state index contributed by atoms with van der Waals surface area (Å²) >= 11 is 0. The van der Waals surface area contributed by atoms with E-state index in [1.54, 1.807) is 11.9 Å². The first-order valence-corrected chi connectivity index (χ1v) is 4.30. The number of nitrogens with one attached hydrogen (secondary N) is 1. The summed E-state index contributed by atoms with van der Waals surface area (Å²) in [5.74, 6) is -0.0525. The summed E-state index contributed by atoms with van der Waals surface area (Å²) in [7, 11) is 1.76. The van der Waals surface area contributed by atoms with Gasteiger partial charge in [0.2, 0.25) is 5.96 Å². The minimum absolute atomic E-state index is 0.0437. The molecule has 0 heterocycles. The normalized spacial score (nSPS) is 14.4. The Balaban J connectivity index is 2.72. The molecular formula is C9H15N5. The van der Waals surface area contributed by atoms with Crippen molar-refractivity contribution < 1.29 is 0 Å². The van der Waals surface area contributed by atoms with E-state index < -0.39 is 0 Å². The lowest BCUT2D eigenvalue weighted by Crippen LogP contribution is -2.29. The van der Waals surface area contributed by atoms with Crippen molar-refractivity contribution in [3.63, 3.8) is 0 Å². The van der Waals surface area contributed by atoms with E-state index in [0.29, 0.717) is 0 Å². The molecular weight excluding hydrogens is 178 g/mol. The van der Waals surface area contributed by atoms with Crippen LogP contribution in [-0.2, 0) is 0 Å². The van der Waals surface area contributed by atoms with Crippen LogP contribution in [0.1, 0.15) is 13.3 Å². The molecule has 0 unspecified atom stereocenters. The third-order valence-electron chi connectivity index (χ3n) is 1.97. The largest absolute Gasteiger partial charge is 0.370 e. The Hall–Kier alpha value is -1.78. The monoisotopic (exact) mass is 193 g/mol. The molecule has 0 amide bonds. The molecule has 0 bridgehead atoms. The molecule has 76 valence electrons. The van der Waals surface area contributed by atoms with Gasteiger partial charge in [-0.05, 0) is 19.4 Å². The van der Waals surface area contributed by atoms with Crippen LogP contribution in [0.25, 0.3) is 0 Å². The Morgan fingerprint density at radius 2 is 2.21 bits per heavy atom. The van der Waals surface area contributed by atoms with Crippen LogP contribution in [0, 0.1) is 5.41 Å². The molecule has 14 heavy (non-hydrogen) atoms. The zero-order valence-corrected chi connectivity index (χ0v) is 8.41. The van der Waals surface area contributed by atoms with Gasteiger partial charge in [0.1, 0.15) is 0 Å². The van der Waals surface area contributed by atoms with E-state index >= 15 is 0 Å². The molecule has 0 aromatic carbocycles. The molecule has 5 heteroatoms. The Bertz CT molecular complexity index is 333. The molecule has 0 saturated heterocycles. The average Bonchev–Trinajstić information content (AvgIpc) is 2.49. The van der Waals surface area contributed by atoms with Crippen molar-refractivity contribution in [1.29, 1.82) is 5.41 Å². The Kier molecular flexibility index (Phi) is 2.91. The third-order valence-corrected chi connectivity index (χ3v) is 1.97. The molecule has 5 nitrogen and oxygen atoms in total. The van der Waals surface area contributed by atoms with E-state index in [4.69, 9.17) is 16.9 Å². The smallest absolute Gasteiger partial charge is 0.225 e. The van der Waals surface area contributed by atoms with Crippen molar-refractivity contribution in [2.45, 2.75) is 13.3 Å². The van der Waals surface area contributed by atoms with Crippen molar-refractivity contribution >= 4 is 11.9 Å². The van der Waals surface area contributed by atoms with E-state index in [1.807, 2.05) is 19.1 Å². The number of nitrogens with zero attached hydrogens (tertiary/aromatic N) is 2. The van der Waals surface area contributed by atoms with Crippen molar-refractivity contribution in [3.05, 3.63) is 23.4 Å². The Labute approximate surface area is 83.3 Å². The number of hydrogen-bond donors (Lipinski definition) is 3. The van der Waals surface area contributed by atoms with Gasteiger partial charge in [-0.2, -0.15) is 4.99 Å². The standard InChI is InChI=1S/C9H15N5/c1-6-3-4-7(5-6)14(2)9(12)13-8(10)11/h4-5H,3H2,1-2H3,(H5,10,11,12,13). The number of nitrogens with two attached hydrogens (primary N) is 2. The van der Waals surface area contributed by atoms with Gasteiger partial charge >= 0.3 is 0 Å². The van der Waals surface area contributed by atoms with Gasteiger partial charge in [-0.3, -0.25) is 5.41 Å². The summed E-state index contributed by atoms with van der Waals surface area (Å²) in [5, 5.41) is 7.56. The lowest BCUT2D eigenvalue weighted by atomic mass is 10.3. The fourth-order valence-corrected chi connectivity index (χ4v) is 1.19. The van der Waals surface area contributed by atoms with E-state index in [-0.39, 0.29) is 11.9 Å². The van der Waals surface area contributed by atoms with Gasteiger partial charge in [-0.15, -0.1) is 0 Å². The number of likely N-dealkylation sites (N-methyl/N-ethyl adjacent to an activating group) is 1. The molecule has 0 fully saturated rings. The summed E-state index contributed by atoms with van der Waals surface area (Å²) in [5.41, 5.74) is 12.6. The molecule has 0 aromatic heterocycles. The van der Waals surface area contributed by atoms with Crippen LogP contribution in [0.4, 0.5) is 0 Å². The van der Waals surface area contributed by atoms with Gasteiger partial charge < -0.3 is 16.4 Å². The zero-order valence-electron chi connectivity index (χ0n) is 8.41. The molecule has 0 saturated carbocycles. The van der Waals surface area contributed by atoms with E-state index in [9.17, 15) is 0 Å². The SMILES string of the molecule is CC1=CC(N(C)C(=N)N=C(N)N)=CC1. The van der Waals surface area contributed by atoms with Crippen molar-refractivity contribution in [3.8, 4) is 0 Å². The van der Waals surface area contributed by atoms with Crippen LogP contribution < -0.4 is 11.5 Å². The molecule has 5 N–H and O–H groups in total. The minimum Gasteiger partial charge on any atom is -0.370 e. The van der Waals surface area contributed by atoms with Gasteiger partial charge in [0, 0.05) is 12.7 Å². The molecule has 1 aliphatic rings. The van der Waals surface area contributed by atoms with Crippen LogP contribution in [0.15, 0.2) is 28.4 Å². The Morgan fingerprint density at radius 3 is 2.64 bits per heavy atom. The number of allylic oxidation sites excluding steroid dienone is 3. The van der Waals surface area contributed by atoms with Crippen LogP contribution in [-0.4, -0.2) is 23.9 Å². The van der Waals surface area contributed by atoms with Gasteiger partial charge in [-0.25, -0.2) is 0 Å². The first-order chi connectivity index (χ1) is 6.50. The molecule has 0 spiro atoms. The molecule has 0 radical (unpaired) electrons. The highest BCUT2D eigenvalue weighted by molar-refractivity contribution is 5.92. The van der Waals surface area contributed by atoms with E-state index in [2.05, 4.69) is 4.99 Å². The van der Waals surface area contributed by atoms with Crippen LogP contribution in [0.3, 0.4) is 0 Å². The maximum atomic E-state index is 7.56. The highest BCUT2D eigenvalue weighted by atomic mass is 15.3. The summed E-state index contributed by atoms with van der Waals surface area (Å²) in [6, 6.07) is 0. The topological polar surface area (TPSA) is 91.5 Å². The molecule has 0 aliphatic heterocycles. The molecule has 1 rings (SSSR count). The molecule has 0 atom stereocenters. The predicted octanol–water partition coefficient (Wildman–Crippen LogP) is 0.360. The van der Waals surface area contributed by atoms with Gasteiger partial charge in [-0.1, -0.05) is 11.6 Å². The number of rotatable bonds is 1. The molecule has 1 aliphatic carbocycles. The fourth-order valence-electron chi connectivity index (χ4n) is 1.19. The number of aliphatic imine (C=N–C) groups is 1. The third kappa shape index (κ3) is 2.35. The fraction of sp³-hybridized carbons (Fsp3) is 0.333. The second kappa shape index (κ2) is 3.95. The lowest BCUT2D eigenvalue weighted by molar-refractivity contribution is 0.634. The highest BCUT2D eigenvalue weighted by Gasteiger charge is 2.11. The van der Waals surface area contributed by atoms with Crippen molar-refractivity contribution in [2.24, 2.45) is 16.5 Å². The van der Waals surface area contributed by atoms with Gasteiger partial charge in [0.05, 0.1) is 0 Å². The van der Waals surface area contributed by atoms with Crippen molar-refractivity contribution in [2.75, 3.05) is 7.05 Å². The second-order valence-corrected chi connectivity index (χ2v) is 3.24. The highest BCUT2D eigenvalue weighted by Crippen LogP contribution is 2.19. The predicted molar refractivity (Wildman–Crippen MR) is 57.8 cm³/mol.